The van der Waals surface area contributed by atoms with Crippen LogP contribution >= 0.6 is 0 Å². The average molecular weight is 184 g/mol. The normalized spacial score (nSPS) is 33.5. The molecule has 2 N–H and O–H groups in total. The Morgan fingerprint density at radius 2 is 1.92 bits per heavy atom. The summed E-state index contributed by atoms with van der Waals surface area (Å²) in [5, 5.41) is 0. The van der Waals surface area contributed by atoms with Crippen molar-refractivity contribution in [2.45, 2.75) is 37.8 Å². The molecule has 76 valence electrons. The van der Waals surface area contributed by atoms with Crippen molar-refractivity contribution in [3.05, 3.63) is 0 Å². The first-order chi connectivity index (χ1) is 6.36. The predicted molar refractivity (Wildman–Crippen MR) is 52.6 cm³/mol. The first-order valence-electron chi connectivity index (χ1n) is 5.43. The topological polar surface area (TPSA) is 38.5 Å². The summed E-state index contributed by atoms with van der Waals surface area (Å²) in [5.41, 5.74) is 5.87. The first-order valence-corrected chi connectivity index (χ1v) is 5.43. The van der Waals surface area contributed by atoms with Crippen molar-refractivity contribution in [1.29, 1.82) is 0 Å². The van der Waals surface area contributed by atoms with Gasteiger partial charge in [-0.05, 0) is 38.8 Å². The van der Waals surface area contributed by atoms with E-state index in [1.54, 1.807) is 0 Å². The Balaban J connectivity index is 1.79. The van der Waals surface area contributed by atoms with Crippen molar-refractivity contribution >= 4 is 0 Å². The maximum absolute atomic E-state index is 5.87. The highest BCUT2D eigenvalue weighted by molar-refractivity contribution is 4.81. The number of ether oxygens (including phenoxy) is 1. The van der Waals surface area contributed by atoms with Crippen LogP contribution in [0, 0.1) is 0 Å². The number of piperidine rings is 1. The van der Waals surface area contributed by atoms with Crippen molar-refractivity contribution in [1.82, 2.24) is 4.90 Å². The van der Waals surface area contributed by atoms with Gasteiger partial charge in [0.25, 0.3) is 0 Å². The maximum atomic E-state index is 5.87. The van der Waals surface area contributed by atoms with Crippen molar-refractivity contribution < 1.29 is 4.74 Å². The van der Waals surface area contributed by atoms with E-state index in [0.717, 1.165) is 26.1 Å². The van der Waals surface area contributed by atoms with Gasteiger partial charge in [0.1, 0.15) is 0 Å². The largest absolute Gasteiger partial charge is 0.380 e. The number of nitrogens with two attached hydrogens (primary N) is 1. The minimum atomic E-state index is 0.445. The lowest BCUT2D eigenvalue weighted by molar-refractivity contribution is 0.00916. The molecule has 0 saturated carbocycles. The first kappa shape index (κ1) is 9.44. The molecule has 0 aliphatic carbocycles. The van der Waals surface area contributed by atoms with E-state index < -0.39 is 0 Å². The standard InChI is InChI=1S/C10H20N2O/c11-9-3-5-12(6-4-9)10-2-1-7-13-8-10/h9-10H,1-8,11H2. The molecule has 1 unspecified atom stereocenters. The van der Waals surface area contributed by atoms with Gasteiger partial charge in [-0.1, -0.05) is 0 Å². The van der Waals surface area contributed by atoms with Crippen LogP contribution in [0.25, 0.3) is 0 Å². The van der Waals surface area contributed by atoms with Crippen LogP contribution in [0.3, 0.4) is 0 Å². The molecule has 2 aliphatic rings. The highest BCUT2D eigenvalue weighted by atomic mass is 16.5. The summed E-state index contributed by atoms with van der Waals surface area (Å²) in [7, 11) is 0. The van der Waals surface area contributed by atoms with Gasteiger partial charge in [-0.3, -0.25) is 4.90 Å². The fourth-order valence-electron chi connectivity index (χ4n) is 2.30. The molecule has 3 heteroatoms. The maximum Gasteiger partial charge on any atom is 0.0621 e. The monoisotopic (exact) mass is 184 g/mol. The Kier molecular flexibility index (Phi) is 3.19. The fraction of sp³-hybridized carbons (Fsp3) is 1.00. The van der Waals surface area contributed by atoms with Crippen LogP contribution in [-0.2, 0) is 4.74 Å². The molecule has 3 nitrogen and oxygen atoms in total. The quantitative estimate of drug-likeness (QED) is 0.648. The SMILES string of the molecule is NC1CCN(C2CCCOC2)CC1. The lowest BCUT2D eigenvalue weighted by atomic mass is 10.0. The molecule has 0 amide bonds. The molecule has 2 saturated heterocycles. The molecule has 1 atom stereocenters. The zero-order valence-corrected chi connectivity index (χ0v) is 8.24. The summed E-state index contributed by atoms with van der Waals surface area (Å²) in [4.78, 5) is 2.56. The Morgan fingerprint density at radius 1 is 1.15 bits per heavy atom. The molecule has 0 aromatic rings. The lowest BCUT2D eigenvalue weighted by Gasteiger charge is -2.38. The smallest absolute Gasteiger partial charge is 0.0621 e. The lowest BCUT2D eigenvalue weighted by Crippen LogP contribution is -2.47. The van der Waals surface area contributed by atoms with Crippen LogP contribution in [0.4, 0.5) is 0 Å². The third kappa shape index (κ3) is 2.42. The summed E-state index contributed by atoms with van der Waals surface area (Å²) in [6, 6.07) is 1.13. The van der Waals surface area contributed by atoms with Crippen LogP contribution in [0.1, 0.15) is 25.7 Å². The van der Waals surface area contributed by atoms with E-state index in [4.69, 9.17) is 10.5 Å². The van der Waals surface area contributed by atoms with E-state index in [2.05, 4.69) is 4.90 Å². The molecule has 2 rings (SSSR count). The fourth-order valence-corrected chi connectivity index (χ4v) is 2.30. The van der Waals surface area contributed by atoms with Gasteiger partial charge in [0.2, 0.25) is 0 Å². The van der Waals surface area contributed by atoms with Gasteiger partial charge in [0.05, 0.1) is 6.61 Å². The predicted octanol–water partition coefficient (Wildman–Crippen LogP) is 0.588. The van der Waals surface area contributed by atoms with Gasteiger partial charge < -0.3 is 10.5 Å². The second-order valence-corrected chi connectivity index (χ2v) is 4.24. The van der Waals surface area contributed by atoms with Crippen LogP contribution in [0.2, 0.25) is 0 Å². The summed E-state index contributed by atoms with van der Waals surface area (Å²) >= 11 is 0. The number of hydrogen-bond acceptors (Lipinski definition) is 3. The summed E-state index contributed by atoms with van der Waals surface area (Å²) in [5.74, 6) is 0. The molecular formula is C10H20N2O. The van der Waals surface area contributed by atoms with Crippen LogP contribution in [0.15, 0.2) is 0 Å². The van der Waals surface area contributed by atoms with Crippen LogP contribution in [-0.4, -0.2) is 43.3 Å². The minimum Gasteiger partial charge on any atom is -0.380 e. The molecule has 2 fully saturated rings. The summed E-state index contributed by atoms with van der Waals surface area (Å²) < 4.78 is 5.49. The molecule has 2 heterocycles. The summed E-state index contributed by atoms with van der Waals surface area (Å²) in [6.45, 7) is 4.25. The minimum absolute atomic E-state index is 0.445. The van der Waals surface area contributed by atoms with E-state index >= 15 is 0 Å². The Bertz CT molecular complexity index is 149. The van der Waals surface area contributed by atoms with Crippen LogP contribution in [0.5, 0.6) is 0 Å². The van der Waals surface area contributed by atoms with Gasteiger partial charge in [-0.2, -0.15) is 0 Å². The second kappa shape index (κ2) is 4.40. The van der Waals surface area contributed by atoms with Gasteiger partial charge in [0, 0.05) is 18.7 Å². The van der Waals surface area contributed by atoms with Crippen molar-refractivity contribution in [3.8, 4) is 0 Å². The third-order valence-corrected chi connectivity index (χ3v) is 3.23. The Labute approximate surface area is 80.2 Å². The van der Waals surface area contributed by atoms with Gasteiger partial charge in [-0.25, -0.2) is 0 Å². The molecule has 13 heavy (non-hydrogen) atoms. The molecule has 0 aromatic carbocycles. The number of nitrogens with zero attached hydrogens (tertiary/aromatic N) is 1. The van der Waals surface area contributed by atoms with Gasteiger partial charge >= 0.3 is 0 Å². The molecule has 2 aliphatic heterocycles. The highest BCUT2D eigenvalue weighted by Gasteiger charge is 2.24. The Morgan fingerprint density at radius 3 is 2.54 bits per heavy atom. The average Bonchev–Trinajstić information content (AvgIpc) is 2.20. The molecule has 0 spiro atoms. The second-order valence-electron chi connectivity index (χ2n) is 4.24. The van der Waals surface area contributed by atoms with Crippen molar-refractivity contribution in [2.75, 3.05) is 26.3 Å². The Hall–Kier alpha value is -0.120. The number of likely N-dealkylation sites (tertiary alicyclic amines) is 1. The molecule has 0 aromatic heterocycles. The van der Waals surface area contributed by atoms with Gasteiger partial charge in [-0.15, -0.1) is 0 Å². The zero-order chi connectivity index (χ0) is 9.10. The van der Waals surface area contributed by atoms with E-state index in [0.29, 0.717) is 12.1 Å². The molecular weight excluding hydrogens is 164 g/mol. The van der Waals surface area contributed by atoms with Crippen molar-refractivity contribution in [3.63, 3.8) is 0 Å². The zero-order valence-electron chi connectivity index (χ0n) is 8.24. The molecule has 0 radical (unpaired) electrons. The molecule has 0 bridgehead atoms. The summed E-state index contributed by atoms with van der Waals surface area (Å²) in [6.07, 6.45) is 4.87. The van der Waals surface area contributed by atoms with E-state index in [1.165, 1.54) is 25.9 Å². The van der Waals surface area contributed by atoms with Crippen LogP contribution < -0.4 is 5.73 Å². The highest BCUT2D eigenvalue weighted by Crippen LogP contribution is 2.18. The van der Waals surface area contributed by atoms with Gasteiger partial charge in [0.15, 0.2) is 0 Å². The number of rotatable bonds is 1. The van der Waals surface area contributed by atoms with E-state index in [1.807, 2.05) is 0 Å². The van der Waals surface area contributed by atoms with E-state index in [-0.39, 0.29) is 0 Å². The van der Waals surface area contributed by atoms with Crippen molar-refractivity contribution in [2.24, 2.45) is 5.73 Å². The third-order valence-electron chi connectivity index (χ3n) is 3.23. The number of hydrogen-bond donors (Lipinski definition) is 1. The van der Waals surface area contributed by atoms with E-state index in [9.17, 15) is 0 Å².